The van der Waals surface area contributed by atoms with Crippen LogP contribution in [-0.2, 0) is 19.7 Å². The van der Waals surface area contributed by atoms with Crippen molar-refractivity contribution in [3.05, 3.63) is 66.6 Å². The van der Waals surface area contributed by atoms with E-state index in [4.69, 9.17) is 9.72 Å². The number of carbonyl (C=O) groups is 1. The lowest BCUT2D eigenvalue weighted by molar-refractivity contribution is -0.141. The van der Waals surface area contributed by atoms with Crippen LogP contribution >= 0.6 is 11.3 Å². The quantitative estimate of drug-likeness (QED) is 0.215. The van der Waals surface area contributed by atoms with Crippen molar-refractivity contribution in [2.45, 2.75) is 26.2 Å². The van der Waals surface area contributed by atoms with Crippen LogP contribution in [0.3, 0.4) is 0 Å². The van der Waals surface area contributed by atoms with E-state index in [-0.39, 0.29) is 29.6 Å². The van der Waals surface area contributed by atoms with Crippen molar-refractivity contribution in [3.8, 4) is 32.4 Å². The summed E-state index contributed by atoms with van der Waals surface area (Å²) in [5, 5.41) is 3.81. The molecule has 0 amide bonds. The Balaban J connectivity index is 1.51. The van der Waals surface area contributed by atoms with Crippen LogP contribution in [0.15, 0.2) is 60.8 Å². The number of hydrogen-bond donors (Lipinski definition) is 2. The van der Waals surface area contributed by atoms with E-state index in [2.05, 4.69) is 20.0 Å². The molecule has 2 N–H and O–H groups in total. The van der Waals surface area contributed by atoms with Crippen LogP contribution in [0, 0.1) is 11.7 Å². The molecule has 13 heteroatoms. The number of anilines is 2. The van der Waals surface area contributed by atoms with Crippen molar-refractivity contribution in [1.82, 2.24) is 19.3 Å². The van der Waals surface area contributed by atoms with Gasteiger partial charge in [-0.3, -0.25) is 9.52 Å². The fourth-order valence-corrected chi connectivity index (χ4v) is 6.94. The highest BCUT2D eigenvalue weighted by Gasteiger charge is 2.28. The first-order chi connectivity index (χ1) is 20.2. The van der Waals surface area contributed by atoms with E-state index in [0.29, 0.717) is 46.9 Å². The van der Waals surface area contributed by atoms with Crippen molar-refractivity contribution >= 4 is 39.2 Å². The summed E-state index contributed by atoms with van der Waals surface area (Å²) in [4.78, 5) is 26.0. The van der Waals surface area contributed by atoms with Gasteiger partial charge in [0.1, 0.15) is 5.01 Å². The minimum Gasteiger partial charge on any atom is -0.469 e. The zero-order chi connectivity index (χ0) is 29.7. The van der Waals surface area contributed by atoms with E-state index in [9.17, 15) is 13.2 Å². The molecule has 2 aromatic heterocycles. The lowest BCUT2D eigenvalue weighted by atomic mass is 10.1. The van der Waals surface area contributed by atoms with Crippen LogP contribution in [0.4, 0.5) is 16.0 Å². The molecule has 0 aliphatic carbocycles. The van der Waals surface area contributed by atoms with Crippen LogP contribution in [-0.4, -0.2) is 60.4 Å². The minimum absolute atomic E-state index is 0.0190. The number of methoxy groups -OCH3 is 1. The molecular formula is C29H31FN6O4S2. The second kappa shape index (κ2) is 12.9. The van der Waals surface area contributed by atoms with Gasteiger partial charge in [-0.15, -0.1) is 11.3 Å². The highest BCUT2D eigenvalue weighted by Crippen LogP contribution is 2.42. The van der Waals surface area contributed by atoms with Crippen molar-refractivity contribution in [1.29, 1.82) is 0 Å². The van der Waals surface area contributed by atoms with Gasteiger partial charge in [0.2, 0.25) is 5.95 Å². The summed E-state index contributed by atoms with van der Waals surface area (Å²) in [5.41, 5.74) is 1.70. The Labute approximate surface area is 248 Å². The van der Waals surface area contributed by atoms with E-state index < -0.39 is 16.0 Å². The van der Waals surface area contributed by atoms with Gasteiger partial charge in [0.15, 0.2) is 5.82 Å². The average molecular weight is 611 g/mol. The number of thiazole rings is 1. The number of halogens is 1. The number of benzene rings is 2. The Bertz CT molecular complexity index is 1660. The predicted octanol–water partition coefficient (Wildman–Crippen LogP) is 5.44. The van der Waals surface area contributed by atoms with E-state index in [1.165, 1.54) is 28.8 Å². The Morgan fingerprint density at radius 3 is 2.60 bits per heavy atom. The van der Waals surface area contributed by atoms with Crippen LogP contribution in [0.1, 0.15) is 26.2 Å². The Kier molecular flexibility index (Phi) is 9.09. The van der Waals surface area contributed by atoms with Crippen LogP contribution < -0.4 is 10.0 Å². The molecule has 0 unspecified atom stereocenters. The van der Waals surface area contributed by atoms with Gasteiger partial charge in [-0.25, -0.2) is 19.3 Å². The standard InChI is InChI=1S/C29H31FN6O4S2/c1-19(17-24(37)40-2)18-32-29-31-14-13-23(33-29)27-26(34-28(41-27)20-9-4-3-5-10-20)21-11-8-12-22(25(21)30)35-42(38,39)36-15-6-7-16-36/h3-5,8-14,19,35H,6-7,15-18H2,1-2H3,(H,31,32,33)/t19-/m1/s1. The molecule has 0 bridgehead atoms. The average Bonchev–Trinajstić information content (AvgIpc) is 3.70. The number of hydrogen-bond acceptors (Lipinski definition) is 9. The molecule has 0 saturated carbocycles. The molecule has 1 aliphatic heterocycles. The van der Waals surface area contributed by atoms with Crippen LogP contribution in [0.2, 0.25) is 0 Å². The molecule has 0 spiro atoms. The number of ether oxygens (including phenoxy) is 1. The summed E-state index contributed by atoms with van der Waals surface area (Å²) in [6, 6.07) is 15.8. The smallest absolute Gasteiger partial charge is 0.305 e. The number of esters is 1. The molecule has 2 aromatic carbocycles. The maximum atomic E-state index is 16.0. The van der Waals surface area contributed by atoms with Gasteiger partial charge in [0, 0.05) is 43.4 Å². The van der Waals surface area contributed by atoms with E-state index in [1.54, 1.807) is 24.4 Å². The minimum atomic E-state index is -3.90. The van der Waals surface area contributed by atoms with E-state index in [0.717, 1.165) is 18.4 Å². The van der Waals surface area contributed by atoms with E-state index in [1.807, 2.05) is 37.3 Å². The van der Waals surface area contributed by atoms with Crippen molar-refractivity contribution in [2.24, 2.45) is 5.92 Å². The fraction of sp³-hybridized carbons (Fsp3) is 0.310. The van der Waals surface area contributed by atoms with Gasteiger partial charge in [-0.1, -0.05) is 43.3 Å². The summed E-state index contributed by atoms with van der Waals surface area (Å²) >= 11 is 1.35. The lowest BCUT2D eigenvalue weighted by Crippen LogP contribution is -2.33. The Morgan fingerprint density at radius 2 is 1.86 bits per heavy atom. The Morgan fingerprint density at radius 1 is 1.10 bits per heavy atom. The van der Waals surface area contributed by atoms with Gasteiger partial charge in [-0.05, 0) is 37.0 Å². The van der Waals surface area contributed by atoms with Crippen molar-refractivity contribution in [3.63, 3.8) is 0 Å². The number of nitrogens with one attached hydrogen (secondary N) is 2. The first kappa shape index (κ1) is 29.5. The molecule has 1 saturated heterocycles. The largest absolute Gasteiger partial charge is 0.469 e. The van der Waals surface area contributed by atoms with Gasteiger partial charge < -0.3 is 10.1 Å². The zero-order valence-electron chi connectivity index (χ0n) is 23.2. The summed E-state index contributed by atoms with van der Waals surface area (Å²) in [6.45, 7) is 3.16. The predicted molar refractivity (Wildman–Crippen MR) is 162 cm³/mol. The molecular weight excluding hydrogens is 579 g/mol. The number of nitrogens with zero attached hydrogens (tertiary/aromatic N) is 4. The first-order valence-electron chi connectivity index (χ1n) is 13.5. The van der Waals surface area contributed by atoms with Gasteiger partial charge in [0.05, 0.1) is 29.1 Å². The van der Waals surface area contributed by atoms with Crippen molar-refractivity contribution < 1.29 is 22.3 Å². The number of carbonyl (C=O) groups excluding carboxylic acids is 1. The third-order valence-corrected chi connectivity index (χ3v) is 9.44. The topological polar surface area (TPSA) is 126 Å². The lowest BCUT2D eigenvalue weighted by Gasteiger charge is -2.18. The number of aromatic nitrogens is 3. The monoisotopic (exact) mass is 610 g/mol. The van der Waals surface area contributed by atoms with Crippen LogP contribution in [0.25, 0.3) is 32.4 Å². The molecule has 1 aliphatic rings. The maximum absolute atomic E-state index is 16.0. The summed E-state index contributed by atoms with van der Waals surface area (Å²) in [5.74, 6) is -0.698. The molecule has 42 heavy (non-hydrogen) atoms. The second-order valence-electron chi connectivity index (χ2n) is 9.97. The normalized spacial score (nSPS) is 14.5. The molecule has 10 nitrogen and oxygen atoms in total. The first-order valence-corrected chi connectivity index (χ1v) is 15.8. The molecule has 3 heterocycles. The third-order valence-electron chi connectivity index (χ3n) is 6.79. The van der Waals surface area contributed by atoms with Crippen molar-refractivity contribution in [2.75, 3.05) is 36.8 Å². The second-order valence-corrected chi connectivity index (χ2v) is 12.6. The Hall–Kier alpha value is -3.94. The molecule has 4 aromatic rings. The highest BCUT2D eigenvalue weighted by molar-refractivity contribution is 7.90. The molecule has 5 rings (SSSR count). The maximum Gasteiger partial charge on any atom is 0.305 e. The SMILES string of the molecule is COC(=O)C[C@@H](C)CNc1nccc(-c2sc(-c3ccccc3)nc2-c2cccc(NS(=O)(=O)N3CCCC3)c2F)n1. The van der Waals surface area contributed by atoms with Crippen LogP contribution in [0.5, 0.6) is 0 Å². The summed E-state index contributed by atoms with van der Waals surface area (Å²) < 4.78 is 50.3. The highest BCUT2D eigenvalue weighted by atomic mass is 32.2. The fourth-order valence-electron chi connectivity index (χ4n) is 4.58. The summed E-state index contributed by atoms with van der Waals surface area (Å²) in [7, 11) is -2.54. The molecule has 220 valence electrons. The number of rotatable bonds is 11. The van der Waals surface area contributed by atoms with Gasteiger partial charge in [0.25, 0.3) is 0 Å². The molecule has 1 atom stereocenters. The van der Waals surface area contributed by atoms with Gasteiger partial charge in [-0.2, -0.15) is 12.7 Å². The third kappa shape index (κ3) is 6.75. The molecule has 0 radical (unpaired) electrons. The molecule has 1 fully saturated rings. The summed E-state index contributed by atoms with van der Waals surface area (Å²) in [6.07, 6.45) is 3.39. The van der Waals surface area contributed by atoms with Gasteiger partial charge >= 0.3 is 16.2 Å². The van der Waals surface area contributed by atoms with E-state index >= 15 is 4.39 Å². The zero-order valence-corrected chi connectivity index (χ0v) is 24.8.